The van der Waals surface area contributed by atoms with Crippen LogP contribution in [0, 0.1) is 10.1 Å². The van der Waals surface area contributed by atoms with Gasteiger partial charge in [0, 0.05) is 12.1 Å². The Bertz CT molecular complexity index is 982. The predicted molar refractivity (Wildman–Crippen MR) is 101 cm³/mol. The van der Waals surface area contributed by atoms with Crippen LogP contribution in [0.5, 0.6) is 5.75 Å². The van der Waals surface area contributed by atoms with Gasteiger partial charge < -0.3 is 9.84 Å². The van der Waals surface area contributed by atoms with E-state index < -0.39 is 10.9 Å². The predicted octanol–water partition coefficient (Wildman–Crippen LogP) is 4.56. The van der Waals surface area contributed by atoms with Gasteiger partial charge in [-0.15, -0.1) is 11.3 Å². The number of carboxylic acids is 1. The largest absolute Gasteiger partial charge is 0.488 e. The Morgan fingerprint density at radius 3 is 2.52 bits per heavy atom. The highest BCUT2D eigenvalue weighted by Crippen LogP contribution is 2.35. The molecule has 0 fully saturated rings. The number of carboxylic acid groups (broad SMARTS) is 1. The van der Waals surface area contributed by atoms with E-state index in [1.807, 2.05) is 25.1 Å². The summed E-state index contributed by atoms with van der Waals surface area (Å²) < 4.78 is 5.87. The van der Waals surface area contributed by atoms with E-state index in [9.17, 15) is 20.0 Å². The van der Waals surface area contributed by atoms with E-state index >= 15 is 0 Å². The number of hydrogen-bond acceptors (Lipinski definition) is 6. The number of nitro benzene ring substituents is 1. The molecule has 8 heteroatoms. The van der Waals surface area contributed by atoms with Gasteiger partial charge in [0.15, 0.2) is 0 Å². The Morgan fingerprint density at radius 1 is 1.22 bits per heavy atom. The molecule has 2 aromatic carbocycles. The third-order valence-electron chi connectivity index (χ3n) is 3.89. The molecule has 1 aromatic heterocycles. The second kappa shape index (κ2) is 7.96. The molecule has 7 nitrogen and oxygen atoms in total. The molecule has 0 aliphatic carbocycles. The Labute approximate surface area is 159 Å². The number of rotatable bonds is 7. The minimum Gasteiger partial charge on any atom is -0.488 e. The molecular formula is C19H16N2O5S. The van der Waals surface area contributed by atoms with Crippen molar-refractivity contribution < 1.29 is 19.6 Å². The summed E-state index contributed by atoms with van der Waals surface area (Å²) >= 11 is 1.12. The van der Waals surface area contributed by atoms with Gasteiger partial charge in [-0.05, 0) is 36.2 Å². The van der Waals surface area contributed by atoms with Crippen molar-refractivity contribution >= 4 is 23.0 Å². The molecule has 3 rings (SSSR count). The molecule has 0 spiro atoms. The van der Waals surface area contributed by atoms with Crippen LogP contribution >= 0.6 is 11.3 Å². The van der Waals surface area contributed by atoms with Crippen molar-refractivity contribution in [3.8, 4) is 16.3 Å². The smallest absolute Gasteiger partial charge is 0.347 e. The van der Waals surface area contributed by atoms with Crippen LogP contribution in [-0.4, -0.2) is 21.0 Å². The molecule has 0 bridgehead atoms. The number of ether oxygens (including phenoxy) is 1. The summed E-state index contributed by atoms with van der Waals surface area (Å²) in [4.78, 5) is 26.3. The van der Waals surface area contributed by atoms with E-state index in [4.69, 9.17) is 4.74 Å². The Kier molecular flexibility index (Phi) is 5.46. The van der Waals surface area contributed by atoms with Crippen molar-refractivity contribution in [2.75, 3.05) is 0 Å². The quantitative estimate of drug-likeness (QED) is 0.473. The zero-order chi connectivity index (χ0) is 19.4. The lowest BCUT2D eigenvalue weighted by molar-refractivity contribution is -0.384. The Hall–Kier alpha value is -3.26. The summed E-state index contributed by atoms with van der Waals surface area (Å²) in [6.07, 6.45) is 0.532. The molecule has 1 N–H and O–H groups in total. The molecule has 0 unspecified atom stereocenters. The van der Waals surface area contributed by atoms with E-state index in [2.05, 4.69) is 4.98 Å². The number of nitro groups is 1. The van der Waals surface area contributed by atoms with E-state index in [1.165, 1.54) is 12.1 Å². The third kappa shape index (κ3) is 4.12. The number of non-ortho nitro benzene ring substituents is 1. The highest BCUT2D eigenvalue weighted by atomic mass is 32.1. The summed E-state index contributed by atoms with van der Waals surface area (Å²) in [6, 6.07) is 13.4. The number of nitrogens with zero attached hydrogens (tertiary/aromatic N) is 2. The first kappa shape index (κ1) is 18.5. The maximum Gasteiger partial charge on any atom is 0.347 e. The van der Waals surface area contributed by atoms with Gasteiger partial charge >= 0.3 is 5.97 Å². The van der Waals surface area contributed by atoms with Crippen LogP contribution in [0.3, 0.4) is 0 Å². The molecule has 1 heterocycles. The maximum absolute atomic E-state index is 11.4. The highest BCUT2D eigenvalue weighted by molar-refractivity contribution is 7.17. The van der Waals surface area contributed by atoms with Crippen LogP contribution in [0.1, 0.15) is 27.9 Å². The van der Waals surface area contributed by atoms with Crippen molar-refractivity contribution in [3.05, 3.63) is 74.8 Å². The molecule has 0 amide bonds. The van der Waals surface area contributed by atoms with Crippen molar-refractivity contribution in [1.82, 2.24) is 4.98 Å². The first-order valence-corrected chi connectivity index (χ1v) is 8.99. The number of aromatic carboxylic acids is 1. The van der Waals surface area contributed by atoms with Crippen LogP contribution < -0.4 is 4.74 Å². The molecule has 3 aromatic rings. The van der Waals surface area contributed by atoms with Gasteiger partial charge in [-0.3, -0.25) is 10.1 Å². The monoisotopic (exact) mass is 384 g/mol. The summed E-state index contributed by atoms with van der Waals surface area (Å²) in [5.74, 6) is -0.413. The number of para-hydroxylation sites is 1. The van der Waals surface area contributed by atoms with E-state index in [-0.39, 0.29) is 17.2 Å². The molecule has 0 atom stereocenters. The van der Waals surface area contributed by atoms with Crippen LogP contribution in [0.25, 0.3) is 10.6 Å². The standard InChI is InChI=1S/C19H16N2O5S/c1-2-15-17(19(22)23)27-18(20-15)14-5-3-4-6-16(14)26-11-12-7-9-13(10-8-12)21(24)25/h3-10H,2,11H2,1H3,(H,22,23). The third-order valence-corrected chi connectivity index (χ3v) is 5.00. The lowest BCUT2D eigenvalue weighted by atomic mass is 10.2. The van der Waals surface area contributed by atoms with Crippen LogP contribution in [0.4, 0.5) is 5.69 Å². The average Bonchev–Trinajstić information content (AvgIpc) is 3.11. The summed E-state index contributed by atoms with van der Waals surface area (Å²) in [5.41, 5.74) is 2.07. The zero-order valence-corrected chi connectivity index (χ0v) is 15.2. The van der Waals surface area contributed by atoms with E-state index in [0.29, 0.717) is 28.4 Å². The number of hydrogen-bond donors (Lipinski definition) is 1. The topological polar surface area (TPSA) is 103 Å². The summed E-state index contributed by atoms with van der Waals surface area (Å²) in [5, 5.41) is 20.6. The van der Waals surface area contributed by atoms with Gasteiger partial charge in [-0.1, -0.05) is 19.1 Å². The summed E-state index contributed by atoms with van der Waals surface area (Å²) in [6.45, 7) is 2.09. The lowest BCUT2D eigenvalue weighted by Gasteiger charge is -2.10. The fourth-order valence-electron chi connectivity index (χ4n) is 2.52. The van der Waals surface area contributed by atoms with Gasteiger partial charge in [-0.25, -0.2) is 9.78 Å². The molecular weight excluding hydrogens is 368 g/mol. The second-order valence-corrected chi connectivity index (χ2v) is 6.66. The number of aromatic nitrogens is 1. The Balaban J connectivity index is 1.84. The fourth-order valence-corrected chi connectivity index (χ4v) is 3.54. The normalized spacial score (nSPS) is 10.6. The van der Waals surface area contributed by atoms with Gasteiger partial charge in [0.2, 0.25) is 0 Å². The van der Waals surface area contributed by atoms with E-state index in [0.717, 1.165) is 16.9 Å². The van der Waals surface area contributed by atoms with Crippen molar-refractivity contribution in [2.45, 2.75) is 20.0 Å². The van der Waals surface area contributed by atoms with E-state index in [1.54, 1.807) is 18.2 Å². The minimum absolute atomic E-state index is 0.0234. The lowest BCUT2D eigenvalue weighted by Crippen LogP contribution is -1.98. The van der Waals surface area contributed by atoms with Crippen LogP contribution in [-0.2, 0) is 13.0 Å². The second-order valence-electron chi connectivity index (χ2n) is 5.66. The number of thiazole rings is 1. The van der Waals surface area contributed by atoms with Crippen molar-refractivity contribution in [2.24, 2.45) is 0 Å². The van der Waals surface area contributed by atoms with Crippen molar-refractivity contribution in [1.29, 1.82) is 0 Å². The SMILES string of the molecule is CCc1nc(-c2ccccc2OCc2ccc([N+](=O)[O-])cc2)sc1C(=O)O. The Morgan fingerprint density at radius 2 is 1.93 bits per heavy atom. The first-order valence-electron chi connectivity index (χ1n) is 8.18. The fraction of sp³-hybridized carbons (Fsp3) is 0.158. The van der Waals surface area contributed by atoms with Gasteiger partial charge in [0.1, 0.15) is 22.2 Å². The molecule has 0 aliphatic heterocycles. The van der Waals surface area contributed by atoms with Crippen LogP contribution in [0.15, 0.2) is 48.5 Å². The number of carbonyl (C=O) groups is 1. The molecule has 138 valence electrons. The highest BCUT2D eigenvalue weighted by Gasteiger charge is 2.19. The number of aryl methyl sites for hydroxylation is 1. The average molecular weight is 384 g/mol. The minimum atomic E-state index is -0.986. The first-order chi connectivity index (χ1) is 13.0. The molecule has 0 aliphatic rings. The molecule has 27 heavy (non-hydrogen) atoms. The molecule has 0 radical (unpaired) electrons. The zero-order valence-electron chi connectivity index (χ0n) is 14.4. The maximum atomic E-state index is 11.4. The van der Waals surface area contributed by atoms with Gasteiger partial charge in [0.05, 0.1) is 16.2 Å². The molecule has 0 saturated carbocycles. The van der Waals surface area contributed by atoms with Gasteiger partial charge in [-0.2, -0.15) is 0 Å². The van der Waals surface area contributed by atoms with Crippen LogP contribution in [0.2, 0.25) is 0 Å². The van der Waals surface area contributed by atoms with Gasteiger partial charge in [0.25, 0.3) is 5.69 Å². The van der Waals surface area contributed by atoms with Crippen molar-refractivity contribution in [3.63, 3.8) is 0 Å². The number of benzene rings is 2. The molecule has 0 saturated heterocycles. The summed E-state index contributed by atoms with van der Waals surface area (Å²) in [7, 11) is 0.